The molecule has 7 nitrogen and oxygen atoms in total. The van der Waals surface area contributed by atoms with Crippen LogP contribution in [0.2, 0.25) is 0 Å². The number of nitrogens with zero attached hydrogens (tertiary/aromatic N) is 1. The molecule has 0 unspecified atom stereocenters. The van der Waals surface area contributed by atoms with Gasteiger partial charge in [-0.25, -0.2) is 9.78 Å². The van der Waals surface area contributed by atoms with Crippen molar-refractivity contribution in [1.82, 2.24) is 4.98 Å². The Bertz CT molecular complexity index is 1660. The molecule has 0 spiro atoms. The fraction of sp³-hybridized carbons (Fsp3) is 0.129. The molecule has 0 bridgehead atoms. The fourth-order valence-electron chi connectivity index (χ4n) is 4.36. The van der Waals surface area contributed by atoms with E-state index in [1.54, 1.807) is 39.3 Å². The molecule has 0 aliphatic carbocycles. The Labute approximate surface area is 230 Å². The van der Waals surface area contributed by atoms with E-state index < -0.39 is 5.97 Å². The number of pyridine rings is 1. The van der Waals surface area contributed by atoms with Gasteiger partial charge in [0.15, 0.2) is 11.5 Å². The van der Waals surface area contributed by atoms with Crippen LogP contribution in [0.5, 0.6) is 11.5 Å². The summed E-state index contributed by atoms with van der Waals surface area (Å²) in [7, 11) is 3.11. The number of methoxy groups -OCH3 is 2. The standard InChI is InChI=1S/C31H26N2O5S/c1-4-38-31(35)28-23(20-14-15-26(36-2)27(16-20)37-3)18-39-30(28)33-29(34)22-17-25(19-10-6-5-7-11-19)32-24-13-9-8-12-21(22)24/h5-18H,4H2,1-3H3,(H,33,34). The van der Waals surface area contributed by atoms with Gasteiger partial charge in [-0.05, 0) is 36.8 Å². The Morgan fingerprint density at radius 1 is 0.872 bits per heavy atom. The molecule has 8 heteroatoms. The maximum atomic E-state index is 13.8. The summed E-state index contributed by atoms with van der Waals surface area (Å²) in [5, 5.41) is 5.90. The minimum atomic E-state index is -0.525. The van der Waals surface area contributed by atoms with E-state index in [1.165, 1.54) is 11.3 Å². The van der Waals surface area contributed by atoms with Crippen LogP contribution in [0.4, 0.5) is 5.00 Å². The number of hydrogen-bond acceptors (Lipinski definition) is 7. The lowest BCUT2D eigenvalue weighted by Gasteiger charge is -2.12. The van der Waals surface area contributed by atoms with Crippen molar-refractivity contribution in [2.75, 3.05) is 26.1 Å². The van der Waals surface area contributed by atoms with Gasteiger partial charge in [-0.2, -0.15) is 0 Å². The van der Waals surface area contributed by atoms with Gasteiger partial charge in [0, 0.05) is 21.9 Å². The molecule has 0 radical (unpaired) electrons. The maximum Gasteiger partial charge on any atom is 0.341 e. The van der Waals surface area contributed by atoms with E-state index in [0.29, 0.717) is 44.2 Å². The number of benzene rings is 3. The summed E-state index contributed by atoms with van der Waals surface area (Å²) < 4.78 is 16.2. The summed E-state index contributed by atoms with van der Waals surface area (Å²) in [5.41, 5.74) is 4.37. The van der Waals surface area contributed by atoms with Crippen LogP contribution in [-0.2, 0) is 4.74 Å². The van der Waals surface area contributed by atoms with Crippen molar-refractivity contribution in [3.05, 3.63) is 95.4 Å². The molecule has 2 aromatic heterocycles. The monoisotopic (exact) mass is 538 g/mol. The molecule has 1 N–H and O–H groups in total. The zero-order valence-electron chi connectivity index (χ0n) is 21.7. The van der Waals surface area contributed by atoms with E-state index in [4.69, 9.17) is 19.2 Å². The first kappa shape index (κ1) is 25.9. The summed E-state index contributed by atoms with van der Waals surface area (Å²) in [5.74, 6) is 0.222. The number of carbonyl (C=O) groups is 2. The topological polar surface area (TPSA) is 86.8 Å². The number of nitrogens with one attached hydrogen (secondary N) is 1. The number of fused-ring (bicyclic) bond motifs is 1. The second-order valence-corrected chi connectivity index (χ2v) is 9.42. The molecule has 0 atom stereocenters. The second-order valence-electron chi connectivity index (χ2n) is 8.54. The van der Waals surface area contributed by atoms with Gasteiger partial charge in [0.05, 0.1) is 37.6 Å². The van der Waals surface area contributed by atoms with Gasteiger partial charge < -0.3 is 19.5 Å². The fourth-order valence-corrected chi connectivity index (χ4v) is 5.31. The molecule has 39 heavy (non-hydrogen) atoms. The van der Waals surface area contributed by atoms with Crippen LogP contribution in [0, 0.1) is 0 Å². The highest BCUT2D eigenvalue weighted by Gasteiger charge is 2.25. The summed E-state index contributed by atoms with van der Waals surface area (Å²) in [4.78, 5) is 31.7. The van der Waals surface area contributed by atoms with E-state index in [0.717, 1.165) is 11.1 Å². The lowest BCUT2D eigenvalue weighted by atomic mass is 10.0. The predicted molar refractivity (Wildman–Crippen MR) is 154 cm³/mol. The maximum absolute atomic E-state index is 13.8. The van der Waals surface area contributed by atoms with Crippen LogP contribution >= 0.6 is 11.3 Å². The van der Waals surface area contributed by atoms with Gasteiger partial charge in [0.25, 0.3) is 5.91 Å². The van der Waals surface area contributed by atoms with Crippen LogP contribution in [0.3, 0.4) is 0 Å². The molecule has 0 saturated carbocycles. The van der Waals surface area contributed by atoms with Gasteiger partial charge in [-0.3, -0.25) is 4.79 Å². The largest absolute Gasteiger partial charge is 0.493 e. The number of esters is 1. The number of aromatic nitrogens is 1. The van der Waals surface area contributed by atoms with Gasteiger partial charge >= 0.3 is 5.97 Å². The van der Waals surface area contributed by atoms with E-state index in [9.17, 15) is 9.59 Å². The van der Waals surface area contributed by atoms with E-state index in [1.807, 2.05) is 66.0 Å². The van der Waals surface area contributed by atoms with Crippen molar-refractivity contribution in [3.8, 4) is 33.9 Å². The highest BCUT2D eigenvalue weighted by atomic mass is 32.1. The van der Waals surface area contributed by atoms with Crippen molar-refractivity contribution < 1.29 is 23.8 Å². The Morgan fingerprint density at radius 3 is 2.36 bits per heavy atom. The third-order valence-corrected chi connectivity index (χ3v) is 7.12. The first-order valence-electron chi connectivity index (χ1n) is 12.3. The molecule has 1 amide bonds. The van der Waals surface area contributed by atoms with Gasteiger partial charge in [0.1, 0.15) is 10.6 Å². The predicted octanol–water partition coefficient (Wildman–Crippen LogP) is 7.08. The van der Waals surface area contributed by atoms with Crippen LogP contribution in [0.1, 0.15) is 27.6 Å². The molecular weight excluding hydrogens is 512 g/mol. The summed E-state index contributed by atoms with van der Waals surface area (Å²) in [6, 6.07) is 24.4. The second kappa shape index (κ2) is 11.4. The summed E-state index contributed by atoms with van der Waals surface area (Å²) >= 11 is 1.26. The van der Waals surface area contributed by atoms with Crippen molar-refractivity contribution >= 4 is 39.1 Å². The molecule has 0 fully saturated rings. The Balaban J connectivity index is 1.58. The number of ether oxygens (including phenoxy) is 3. The van der Waals surface area contributed by atoms with Crippen LogP contribution in [0.25, 0.3) is 33.3 Å². The Kier molecular flexibility index (Phi) is 7.56. The molecule has 2 heterocycles. The van der Waals surface area contributed by atoms with Crippen LogP contribution < -0.4 is 14.8 Å². The van der Waals surface area contributed by atoms with Gasteiger partial charge in [-0.15, -0.1) is 11.3 Å². The van der Waals surface area contributed by atoms with E-state index in [-0.39, 0.29) is 18.1 Å². The van der Waals surface area contributed by atoms with E-state index >= 15 is 0 Å². The van der Waals surface area contributed by atoms with Crippen molar-refractivity contribution in [3.63, 3.8) is 0 Å². The summed E-state index contributed by atoms with van der Waals surface area (Å²) in [6.45, 7) is 1.94. The average molecular weight is 539 g/mol. The number of rotatable bonds is 8. The minimum Gasteiger partial charge on any atom is -0.493 e. The SMILES string of the molecule is CCOC(=O)c1c(-c2ccc(OC)c(OC)c2)csc1NC(=O)c1cc(-c2ccccc2)nc2ccccc12. The Morgan fingerprint density at radius 2 is 1.62 bits per heavy atom. The third kappa shape index (κ3) is 5.19. The smallest absolute Gasteiger partial charge is 0.341 e. The molecule has 5 rings (SSSR count). The zero-order chi connectivity index (χ0) is 27.4. The molecule has 5 aromatic rings. The number of para-hydroxylation sites is 1. The van der Waals surface area contributed by atoms with Crippen molar-refractivity contribution in [2.45, 2.75) is 6.92 Å². The molecule has 0 aliphatic rings. The number of amides is 1. The minimum absolute atomic E-state index is 0.197. The van der Waals surface area contributed by atoms with Crippen LogP contribution in [-0.4, -0.2) is 37.7 Å². The first-order chi connectivity index (χ1) is 19.0. The molecule has 3 aromatic carbocycles. The van der Waals surface area contributed by atoms with E-state index in [2.05, 4.69) is 5.32 Å². The zero-order valence-corrected chi connectivity index (χ0v) is 22.5. The molecule has 0 saturated heterocycles. The van der Waals surface area contributed by atoms with Gasteiger partial charge in [0.2, 0.25) is 0 Å². The number of thiophene rings is 1. The van der Waals surface area contributed by atoms with Crippen molar-refractivity contribution in [2.24, 2.45) is 0 Å². The average Bonchev–Trinajstić information content (AvgIpc) is 3.40. The van der Waals surface area contributed by atoms with Gasteiger partial charge in [-0.1, -0.05) is 54.6 Å². The Hall–Kier alpha value is -4.69. The highest BCUT2D eigenvalue weighted by Crippen LogP contribution is 2.40. The van der Waals surface area contributed by atoms with Crippen LogP contribution in [0.15, 0.2) is 84.2 Å². The lowest BCUT2D eigenvalue weighted by molar-refractivity contribution is 0.0529. The highest BCUT2D eigenvalue weighted by molar-refractivity contribution is 7.15. The third-order valence-electron chi connectivity index (χ3n) is 6.22. The molecular formula is C31H26N2O5S. The molecule has 0 aliphatic heterocycles. The molecule has 196 valence electrons. The normalized spacial score (nSPS) is 10.7. The summed E-state index contributed by atoms with van der Waals surface area (Å²) in [6.07, 6.45) is 0. The van der Waals surface area contributed by atoms with Crippen molar-refractivity contribution in [1.29, 1.82) is 0 Å². The lowest BCUT2D eigenvalue weighted by Crippen LogP contribution is -2.15. The first-order valence-corrected chi connectivity index (χ1v) is 13.2. The number of anilines is 1. The number of carbonyl (C=O) groups excluding carboxylic acids is 2. The quantitative estimate of drug-likeness (QED) is 0.213. The number of hydrogen-bond donors (Lipinski definition) is 1.